The second-order valence-electron chi connectivity index (χ2n) is 7.96. The first-order chi connectivity index (χ1) is 17.4. The third kappa shape index (κ3) is 5.05. The molecule has 0 atom stereocenters. The van der Waals surface area contributed by atoms with Gasteiger partial charge >= 0.3 is 0 Å². The van der Waals surface area contributed by atoms with Gasteiger partial charge in [0.05, 0.1) is 19.4 Å². The minimum Gasteiger partial charge on any atom is -0.490 e. The van der Waals surface area contributed by atoms with Gasteiger partial charge in [-0.2, -0.15) is 5.26 Å². The Hall–Kier alpha value is -4.64. The average Bonchev–Trinajstić information content (AvgIpc) is 3.39. The van der Waals surface area contributed by atoms with E-state index in [2.05, 4.69) is 0 Å². The first-order valence-corrected chi connectivity index (χ1v) is 11.3. The zero-order valence-electron chi connectivity index (χ0n) is 19.8. The number of amides is 2. The van der Waals surface area contributed by atoms with Crippen molar-refractivity contribution in [2.24, 2.45) is 0 Å². The van der Waals surface area contributed by atoms with E-state index in [9.17, 15) is 19.2 Å². The van der Waals surface area contributed by atoms with Crippen LogP contribution in [0.25, 0.3) is 6.08 Å². The van der Waals surface area contributed by atoms with E-state index in [1.807, 2.05) is 13.0 Å². The predicted molar refractivity (Wildman–Crippen MR) is 129 cm³/mol. The second-order valence-corrected chi connectivity index (χ2v) is 7.96. The monoisotopic (exact) mass is 486 g/mol. The van der Waals surface area contributed by atoms with Crippen molar-refractivity contribution in [1.29, 1.82) is 5.26 Å². The summed E-state index contributed by atoms with van der Waals surface area (Å²) in [4.78, 5) is 27.1. The van der Waals surface area contributed by atoms with Crippen LogP contribution in [0.3, 0.4) is 0 Å². The molecule has 4 rings (SSSR count). The molecule has 3 aromatic rings. The Morgan fingerprint density at radius 2 is 1.86 bits per heavy atom. The summed E-state index contributed by atoms with van der Waals surface area (Å²) in [6, 6.07) is 16.6. The van der Waals surface area contributed by atoms with Crippen LogP contribution >= 0.6 is 0 Å². The maximum atomic E-state index is 14.0. The summed E-state index contributed by atoms with van der Waals surface area (Å²) in [6.07, 6.45) is 3.04. The van der Waals surface area contributed by atoms with Crippen molar-refractivity contribution < 1.29 is 27.9 Å². The summed E-state index contributed by atoms with van der Waals surface area (Å²) in [5.41, 5.74) is 1.40. The van der Waals surface area contributed by atoms with E-state index in [-0.39, 0.29) is 30.1 Å². The molecule has 2 amide bonds. The Kier molecular flexibility index (Phi) is 7.31. The molecule has 1 aliphatic rings. The first-order valence-electron chi connectivity index (χ1n) is 11.3. The molecule has 0 saturated heterocycles. The first kappa shape index (κ1) is 24.5. The molecule has 7 nitrogen and oxygen atoms in total. The van der Waals surface area contributed by atoms with Crippen LogP contribution < -0.4 is 9.47 Å². The van der Waals surface area contributed by atoms with Gasteiger partial charge in [0.2, 0.25) is 0 Å². The van der Waals surface area contributed by atoms with Gasteiger partial charge in [-0.1, -0.05) is 24.3 Å². The summed E-state index contributed by atoms with van der Waals surface area (Å²) >= 11 is 0. The number of nitrogens with zero attached hydrogens (tertiary/aromatic N) is 2. The van der Waals surface area contributed by atoms with Crippen molar-refractivity contribution in [3.05, 3.63) is 100 Å². The van der Waals surface area contributed by atoms with E-state index in [0.29, 0.717) is 40.6 Å². The zero-order valence-corrected chi connectivity index (χ0v) is 19.8. The molecule has 1 aromatic heterocycles. The molecule has 182 valence electrons. The van der Waals surface area contributed by atoms with E-state index < -0.39 is 11.8 Å². The van der Waals surface area contributed by atoms with E-state index >= 15 is 0 Å². The van der Waals surface area contributed by atoms with Crippen LogP contribution in [0.5, 0.6) is 11.5 Å². The molecule has 0 bridgehead atoms. The zero-order chi connectivity index (χ0) is 25.7. The highest BCUT2D eigenvalue weighted by Gasteiger charge is 2.36. The van der Waals surface area contributed by atoms with Crippen molar-refractivity contribution >= 4 is 17.9 Å². The molecule has 2 aromatic carbocycles. The fourth-order valence-electron chi connectivity index (χ4n) is 3.77. The molecule has 0 unspecified atom stereocenters. The number of rotatable bonds is 8. The second kappa shape index (κ2) is 10.7. The fraction of sp³-hybridized carbons (Fsp3) is 0.179. The number of carbonyl (C=O) groups excluding carboxylic acids is 2. The van der Waals surface area contributed by atoms with Crippen LogP contribution in [-0.4, -0.2) is 23.3 Å². The Balaban J connectivity index is 1.66. The van der Waals surface area contributed by atoms with Gasteiger partial charge in [-0.15, -0.1) is 0 Å². The summed E-state index contributed by atoms with van der Waals surface area (Å²) in [5.74, 6) is -0.320. The molecule has 8 heteroatoms. The largest absolute Gasteiger partial charge is 0.490 e. The van der Waals surface area contributed by atoms with Crippen molar-refractivity contribution in [3.8, 4) is 17.6 Å². The fourth-order valence-corrected chi connectivity index (χ4v) is 3.77. The third-order valence-corrected chi connectivity index (χ3v) is 5.64. The molecule has 0 saturated carbocycles. The summed E-state index contributed by atoms with van der Waals surface area (Å²) < 4.78 is 30.8. The maximum Gasteiger partial charge on any atom is 0.272 e. The summed E-state index contributed by atoms with van der Waals surface area (Å²) in [6.45, 7) is 3.68. The number of imide groups is 1. The van der Waals surface area contributed by atoms with Crippen LogP contribution in [0.15, 0.2) is 82.0 Å². The van der Waals surface area contributed by atoms with Crippen molar-refractivity contribution in [2.75, 3.05) is 6.61 Å². The van der Waals surface area contributed by atoms with Crippen molar-refractivity contribution in [2.45, 2.75) is 27.0 Å². The number of halogens is 1. The van der Waals surface area contributed by atoms with E-state index in [1.165, 1.54) is 12.3 Å². The highest BCUT2D eigenvalue weighted by Crippen LogP contribution is 2.33. The standard InChI is InChI=1S/C28H23FN2O5/c1-3-34-26-14-19(10-11-25(26)36-17-20-7-4-5-9-24(20)29)13-22-18(2)23(15-30)28(33)31(27(22)32)16-21-8-6-12-35-21/h4-14H,3,16-17H2,1-2H3/b22-13+. The van der Waals surface area contributed by atoms with Gasteiger partial charge in [0.1, 0.15) is 29.8 Å². The normalized spacial score (nSPS) is 14.8. The van der Waals surface area contributed by atoms with Crippen LogP contribution in [0.4, 0.5) is 4.39 Å². The van der Waals surface area contributed by atoms with Crippen molar-refractivity contribution in [1.82, 2.24) is 4.90 Å². The van der Waals surface area contributed by atoms with Gasteiger partial charge in [-0.05, 0) is 61.4 Å². The van der Waals surface area contributed by atoms with Gasteiger partial charge in [-0.25, -0.2) is 4.39 Å². The van der Waals surface area contributed by atoms with Crippen LogP contribution in [0, 0.1) is 17.1 Å². The van der Waals surface area contributed by atoms with Crippen molar-refractivity contribution in [3.63, 3.8) is 0 Å². The van der Waals surface area contributed by atoms with Gasteiger partial charge < -0.3 is 13.9 Å². The maximum absolute atomic E-state index is 14.0. The van der Waals surface area contributed by atoms with Gasteiger partial charge in [0, 0.05) is 11.1 Å². The van der Waals surface area contributed by atoms with Gasteiger partial charge in [0.25, 0.3) is 11.8 Å². The predicted octanol–water partition coefficient (Wildman–Crippen LogP) is 5.19. The Morgan fingerprint density at radius 3 is 2.56 bits per heavy atom. The molecule has 36 heavy (non-hydrogen) atoms. The van der Waals surface area contributed by atoms with E-state index in [1.54, 1.807) is 61.5 Å². The molecule has 0 spiro atoms. The lowest BCUT2D eigenvalue weighted by Gasteiger charge is -2.26. The SMILES string of the molecule is CCOc1cc(/C=C2/C(=O)N(Cc3ccco3)C(=O)C(C#N)=C2C)ccc1OCc1ccccc1F. The Bertz CT molecular complexity index is 1400. The quantitative estimate of drug-likeness (QED) is 0.321. The number of hydrogen-bond donors (Lipinski definition) is 0. The number of furan rings is 1. The Labute approximate surface area is 207 Å². The lowest BCUT2D eigenvalue weighted by Crippen LogP contribution is -2.42. The summed E-state index contributed by atoms with van der Waals surface area (Å²) in [5, 5.41) is 9.59. The average molecular weight is 486 g/mol. The smallest absolute Gasteiger partial charge is 0.272 e. The molecule has 0 aliphatic carbocycles. The molecule has 2 heterocycles. The highest BCUT2D eigenvalue weighted by atomic mass is 19.1. The van der Waals surface area contributed by atoms with E-state index in [0.717, 1.165) is 4.90 Å². The summed E-state index contributed by atoms with van der Waals surface area (Å²) in [7, 11) is 0. The number of ether oxygens (including phenoxy) is 2. The molecule has 0 N–H and O–H groups in total. The van der Waals surface area contributed by atoms with Crippen LogP contribution in [0.2, 0.25) is 0 Å². The van der Waals surface area contributed by atoms with Gasteiger partial charge in [0.15, 0.2) is 11.5 Å². The Morgan fingerprint density at radius 1 is 1.06 bits per heavy atom. The lowest BCUT2D eigenvalue weighted by molar-refractivity contribution is -0.141. The molecule has 1 aliphatic heterocycles. The topological polar surface area (TPSA) is 92.8 Å². The molecule has 0 radical (unpaired) electrons. The van der Waals surface area contributed by atoms with Crippen LogP contribution in [-0.2, 0) is 22.7 Å². The highest BCUT2D eigenvalue weighted by molar-refractivity contribution is 6.19. The third-order valence-electron chi connectivity index (χ3n) is 5.64. The van der Waals surface area contributed by atoms with Gasteiger partial charge in [-0.3, -0.25) is 14.5 Å². The number of nitriles is 1. The molecular formula is C28H23FN2O5. The molecular weight excluding hydrogens is 463 g/mol. The molecule has 0 fully saturated rings. The lowest BCUT2D eigenvalue weighted by atomic mass is 9.93. The van der Waals surface area contributed by atoms with Crippen LogP contribution in [0.1, 0.15) is 30.7 Å². The number of carbonyl (C=O) groups is 2. The van der Waals surface area contributed by atoms with E-state index in [4.69, 9.17) is 13.9 Å². The number of benzene rings is 2. The number of hydrogen-bond acceptors (Lipinski definition) is 6. The minimum absolute atomic E-state index is 0.0168. The minimum atomic E-state index is -0.666.